The number of fused-ring (bicyclic) bond motifs is 2. The molecule has 0 amide bonds. The molecule has 6 heteroatoms. The Morgan fingerprint density at radius 2 is 1.88 bits per heavy atom. The van der Waals surface area contributed by atoms with Gasteiger partial charge in [0.2, 0.25) is 0 Å². The summed E-state index contributed by atoms with van der Waals surface area (Å²) in [6.07, 6.45) is 1.89. The number of hydrogen-bond donors (Lipinski definition) is 1. The number of allylic oxidation sites excluding steroid dienone is 1. The van der Waals surface area contributed by atoms with Gasteiger partial charge in [0, 0.05) is 34.8 Å². The van der Waals surface area contributed by atoms with E-state index in [-0.39, 0.29) is 0 Å². The number of benzene rings is 3. The van der Waals surface area contributed by atoms with Gasteiger partial charge in [0.15, 0.2) is 0 Å². The summed E-state index contributed by atoms with van der Waals surface area (Å²) in [6.45, 7) is 2.61. The minimum absolute atomic E-state index is 0.443. The number of aromatic amines is 1. The summed E-state index contributed by atoms with van der Waals surface area (Å²) >= 11 is 0. The fourth-order valence-corrected chi connectivity index (χ4v) is 4.32. The first kappa shape index (κ1) is 21.1. The van der Waals surface area contributed by atoms with Gasteiger partial charge in [-0.05, 0) is 42.8 Å². The summed E-state index contributed by atoms with van der Waals surface area (Å²) < 4.78 is 7.49. The molecule has 0 aliphatic heterocycles. The topological polar surface area (TPSA) is 90.4 Å². The molecule has 5 rings (SSSR count). The third-order valence-corrected chi connectivity index (χ3v) is 6.10. The van der Waals surface area contributed by atoms with Gasteiger partial charge in [-0.1, -0.05) is 36.4 Å². The first-order valence-electron chi connectivity index (χ1n) is 10.8. The molecule has 0 atom stereocenters. The van der Waals surface area contributed by atoms with Gasteiger partial charge in [-0.3, -0.25) is 0 Å². The zero-order valence-corrected chi connectivity index (χ0v) is 18.8. The molecule has 0 bridgehead atoms. The highest BCUT2D eigenvalue weighted by molar-refractivity contribution is 5.99. The SMILES string of the molecule is COc1ccc2nc(C(C#N)=Cc3c(C)n(Cc4ccccc4C#N)c4ccccc34)[nH]c2c1. The number of H-pyrrole nitrogens is 1. The molecule has 0 radical (unpaired) electrons. The number of hydrogen-bond acceptors (Lipinski definition) is 4. The highest BCUT2D eigenvalue weighted by Gasteiger charge is 2.16. The molecule has 6 nitrogen and oxygen atoms in total. The third kappa shape index (κ3) is 3.58. The highest BCUT2D eigenvalue weighted by atomic mass is 16.5. The summed E-state index contributed by atoms with van der Waals surface area (Å²) in [4.78, 5) is 7.86. The Morgan fingerprint density at radius 1 is 1.09 bits per heavy atom. The average Bonchev–Trinajstić information content (AvgIpc) is 3.41. The molecule has 0 aliphatic rings. The molecule has 164 valence electrons. The largest absolute Gasteiger partial charge is 0.497 e. The fourth-order valence-electron chi connectivity index (χ4n) is 4.32. The van der Waals surface area contributed by atoms with E-state index in [1.807, 2.05) is 67.6 Å². The van der Waals surface area contributed by atoms with Crippen molar-refractivity contribution in [3.05, 3.63) is 94.9 Å². The molecule has 3 aromatic carbocycles. The van der Waals surface area contributed by atoms with E-state index in [0.717, 1.165) is 44.5 Å². The summed E-state index contributed by atoms with van der Waals surface area (Å²) in [5.41, 5.74) is 6.65. The lowest BCUT2D eigenvalue weighted by Crippen LogP contribution is -2.03. The van der Waals surface area contributed by atoms with Crippen molar-refractivity contribution in [3.63, 3.8) is 0 Å². The van der Waals surface area contributed by atoms with Crippen LogP contribution in [-0.2, 0) is 6.54 Å². The van der Waals surface area contributed by atoms with Crippen LogP contribution in [0.4, 0.5) is 0 Å². The second-order valence-corrected chi connectivity index (χ2v) is 8.01. The Morgan fingerprint density at radius 3 is 2.68 bits per heavy atom. The van der Waals surface area contributed by atoms with Gasteiger partial charge >= 0.3 is 0 Å². The minimum atomic E-state index is 0.443. The van der Waals surface area contributed by atoms with E-state index in [2.05, 4.69) is 38.8 Å². The lowest BCUT2D eigenvalue weighted by Gasteiger charge is -2.10. The maximum absolute atomic E-state index is 9.99. The second-order valence-electron chi connectivity index (χ2n) is 8.01. The van der Waals surface area contributed by atoms with Crippen LogP contribution in [0, 0.1) is 29.6 Å². The molecule has 2 heterocycles. The normalized spacial score (nSPS) is 11.5. The Kier molecular flexibility index (Phi) is 5.33. The van der Waals surface area contributed by atoms with E-state index in [1.54, 1.807) is 7.11 Å². The molecule has 5 aromatic rings. The van der Waals surface area contributed by atoms with Gasteiger partial charge < -0.3 is 14.3 Å². The van der Waals surface area contributed by atoms with Crippen molar-refractivity contribution in [1.29, 1.82) is 10.5 Å². The van der Waals surface area contributed by atoms with Gasteiger partial charge in [-0.2, -0.15) is 10.5 Å². The first-order valence-corrected chi connectivity index (χ1v) is 10.8. The molecule has 1 N–H and O–H groups in total. The van der Waals surface area contributed by atoms with Crippen molar-refractivity contribution in [2.24, 2.45) is 0 Å². The van der Waals surface area contributed by atoms with Crippen LogP contribution < -0.4 is 4.74 Å². The second kappa shape index (κ2) is 8.61. The number of para-hydroxylation sites is 1. The van der Waals surface area contributed by atoms with Crippen molar-refractivity contribution in [1.82, 2.24) is 14.5 Å². The van der Waals surface area contributed by atoms with Gasteiger partial charge in [0.05, 0.1) is 35.3 Å². The van der Waals surface area contributed by atoms with E-state index in [4.69, 9.17) is 4.74 Å². The molecule has 0 unspecified atom stereocenters. The number of nitriles is 2. The summed E-state index contributed by atoms with van der Waals surface area (Å²) in [5, 5.41) is 20.6. The smallest absolute Gasteiger partial charge is 0.149 e. The van der Waals surface area contributed by atoms with Crippen LogP contribution in [0.2, 0.25) is 0 Å². The zero-order valence-electron chi connectivity index (χ0n) is 18.8. The average molecular weight is 444 g/mol. The summed E-state index contributed by atoms with van der Waals surface area (Å²) in [7, 11) is 1.62. The molecule has 0 fully saturated rings. The standard InChI is InChI=1S/C28H21N5O/c1-18-24(13-21(16-30)28-31-25-12-11-22(34-2)14-26(25)32-28)23-9-5-6-10-27(23)33(18)17-20-8-4-3-7-19(20)15-29/h3-14H,17H2,1-2H3,(H,31,32). The van der Waals surface area contributed by atoms with Crippen molar-refractivity contribution in [2.45, 2.75) is 13.5 Å². The Balaban J connectivity index is 1.64. The van der Waals surface area contributed by atoms with Crippen LogP contribution in [0.3, 0.4) is 0 Å². The molecular formula is C28H21N5O. The van der Waals surface area contributed by atoms with Crippen molar-refractivity contribution < 1.29 is 4.74 Å². The van der Waals surface area contributed by atoms with Gasteiger partial charge in [-0.25, -0.2) is 4.98 Å². The number of imidazole rings is 1. The molecule has 0 saturated carbocycles. The lowest BCUT2D eigenvalue weighted by atomic mass is 10.1. The zero-order chi connectivity index (χ0) is 23.7. The molecule has 34 heavy (non-hydrogen) atoms. The van der Waals surface area contributed by atoms with E-state index in [9.17, 15) is 10.5 Å². The maximum Gasteiger partial charge on any atom is 0.149 e. The monoisotopic (exact) mass is 443 g/mol. The van der Waals surface area contributed by atoms with Gasteiger partial charge in [0.25, 0.3) is 0 Å². The summed E-state index contributed by atoms with van der Waals surface area (Å²) in [6, 6.07) is 25.9. The predicted octanol–water partition coefficient (Wildman–Crippen LogP) is 5.82. The van der Waals surface area contributed by atoms with Crippen molar-refractivity contribution in [2.75, 3.05) is 7.11 Å². The number of methoxy groups -OCH3 is 1. The van der Waals surface area contributed by atoms with E-state index in [0.29, 0.717) is 23.5 Å². The minimum Gasteiger partial charge on any atom is -0.497 e. The Hall–Kier alpha value is -4.81. The number of aromatic nitrogens is 3. The third-order valence-electron chi connectivity index (χ3n) is 6.10. The predicted molar refractivity (Wildman–Crippen MR) is 133 cm³/mol. The van der Waals surface area contributed by atoms with Crippen LogP contribution in [0.25, 0.3) is 33.6 Å². The Bertz CT molecular complexity index is 1660. The number of nitrogens with zero attached hydrogens (tertiary/aromatic N) is 4. The van der Waals surface area contributed by atoms with Gasteiger partial charge in [0.1, 0.15) is 17.6 Å². The van der Waals surface area contributed by atoms with Crippen LogP contribution in [-0.4, -0.2) is 21.6 Å². The molecule has 0 aliphatic carbocycles. The molecular weight excluding hydrogens is 422 g/mol. The first-order chi connectivity index (χ1) is 16.6. The quantitative estimate of drug-likeness (QED) is 0.347. The van der Waals surface area contributed by atoms with Crippen molar-refractivity contribution in [3.8, 4) is 17.9 Å². The molecule has 0 saturated heterocycles. The summed E-state index contributed by atoms with van der Waals surface area (Å²) in [5.74, 6) is 1.23. The number of ether oxygens (including phenoxy) is 1. The van der Waals surface area contributed by atoms with E-state index < -0.39 is 0 Å². The molecule has 2 aromatic heterocycles. The highest BCUT2D eigenvalue weighted by Crippen LogP contribution is 2.31. The van der Waals surface area contributed by atoms with Crippen LogP contribution >= 0.6 is 0 Å². The molecule has 0 spiro atoms. The van der Waals surface area contributed by atoms with E-state index >= 15 is 0 Å². The van der Waals surface area contributed by atoms with Crippen molar-refractivity contribution >= 4 is 33.6 Å². The fraction of sp³-hybridized carbons (Fsp3) is 0.107. The lowest BCUT2D eigenvalue weighted by molar-refractivity contribution is 0.415. The maximum atomic E-state index is 9.99. The number of nitrogens with one attached hydrogen (secondary N) is 1. The van der Waals surface area contributed by atoms with E-state index in [1.165, 1.54) is 0 Å². The van der Waals surface area contributed by atoms with Crippen LogP contribution in [0.15, 0.2) is 66.7 Å². The van der Waals surface area contributed by atoms with Gasteiger partial charge in [-0.15, -0.1) is 0 Å². The number of rotatable bonds is 5. The van der Waals surface area contributed by atoms with Crippen LogP contribution in [0.5, 0.6) is 5.75 Å². The Labute approximate surface area is 197 Å². The van der Waals surface area contributed by atoms with Crippen LogP contribution in [0.1, 0.15) is 28.2 Å².